The number of nitrogens with zero attached hydrogens (tertiary/aromatic N) is 2. The van der Waals surface area contributed by atoms with Gasteiger partial charge in [-0.05, 0) is 28.8 Å². The first kappa shape index (κ1) is 24.1. The SMILES string of the molecule is COC(=O)c1cc(Cc2ccccc2)n2c1C(c1ccc([N+](=O)[O-])cc1)c1c(cc(OC)cc1OC)C2. The molecule has 0 fully saturated rings. The van der Waals surface area contributed by atoms with Gasteiger partial charge in [0.15, 0.2) is 0 Å². The first-order valence-corrected chi connectivity index (χ1v) is 11.8. The second kappa shape index (κ2) is 9.81. The summed E-state index contributed by atoms with van der Waals surface area (Å²) in [6.45, 7) is 0.501. The molecule has 5 rings (SSSR count). The highest BCUT2D eigenvalue weighted by Crippen LogP contribution is 2.47. The van der Waals surface area contributed by atoms with Gasteiger partial charge in [-0.3, -0.25) is 10.1 Å². The molecule has 8 heteroatoms. The molecule has 0 spiro atoms. The van der Waals surface area contributed by atoms with Crippen LogP contribution in [0, 0.1) is 10.1 Å². The van der Waals surface area contributed by atoms with E-state index in [1.54, 1.807) is 26.4 Å². The quantitative estimate of drug-likeness (QED) is 0.171. The summed E-state index contributed by atoms with van der Waals surface area (Å²) >= 11 is 0. The highest BCUT2D eigenvalue weighted by Gasteiger charge is 2.36. The van der Waals surface area contributed by atoms with Crippen LogP contribution in [0.4, 0.5) is 5.69 Å². The van der Waals surface area contributed by atoms with Gasteiger partial charge in [0, 0.05) is 48.1 Å². The lowest BCUT2D eigenvalue weighted by molar-refractivity contribution is -0.384. The predicted octanol–water partition coefficient (Wildman–Crippen LogP) is 5.33. The van der Waals surface area contributed by atoms with E-state index in [0.29, 0.717) is 30.0 Å². The van der Waals surface area contributed by atoms with Crippen molar-refractivity contribution < 1.29 is 23.9 Å². The number of hydrogen-bond acceptors (Lipinski definition) is 6. The third-order valence-electron chi connectivity index (χ3n) is 6.84. The van der Waals surface area contributed by atoms with E-state index in [1.807, 2.05) is 36.4 Å². The molecule has 1 atom stereocenters. The summed E-state index contributed by atoms with van der Waals surface area (Å²) in [6, 6.07) is 22.2. The van der Waals surface area contributed by atoms with Gasteiger partial charge >= 0.3 is 5.97 Å². The maximum absolute atomic E-state index is 13.1. The molecule has 3 aromatic carbocycles. The number of methoxy groups -OCH3 is 3. The minimum absolute atomic E-state index is 0.00480. The Morgan fingerprint density at radius 2 is 1.73 bits per heavy atom. The van der Waals surface area contributed by atoms with Crippen LogP contribution >= 0.6 is 0 Å². The zero-order valence-corrected chi connectivity index (χ0v) is 20.8. The molecule has 0 N–H and O–H groups in total. The van der Waals surface area contributed by atoms with E-state index in [0.717, 1.165) is 33.6 Å². The lowest BCUT2D eigenvalue weighted by Gasteiger charge is -2.32. The second-order valence-corrected chi connectivity index (χ2v) is 8.86. The van der Waals surface area contributed by atoms with Crippen LogP contribution in [0.1, 0.15) is 49.9 Å². The number of aromatic nitrogens is 1. The van der Waals surface area contributed by atoms with Crippen molar-refractivity contribution in [2.24, 2.45) is 0 Å². The molecule has 1 aliphatic rings. The van der Waals surface area contributed by atoms with E-state index < -0.39 is 16.8 Å². The van der Waals surface area contributed by atoms with E-state index in [2.05, 4.69) is 16.7 Å². The first-order chi connectivity index (χ1) is 17.9. The number of nitro groups is 1. The molecule has 0 saturated heterocycles. The Hall–Kier alpha value is -4.59. The van der Waals surface area contributed by atoms with Gasteiger partial charge in [-0.15, -0.1) is 0 Å². The summed E-state index contributed by atoms with van der Waals surface area (Å²) in [6.07, 6.45) is 0.619. The van der Waals surface area contributed by atoms with Gasteiger partial charge in [-0.2, -0.15) is 0 Å². The number of hydrogen-bond donors (Lipinski definition) is 0. The summed E-state index contributed by atoms with van der Waals surface area (Å²) in [5.41, 5.74) is 5.96. The summed E-state index contributed by atoms with van der Waals surface area (Å²) in [4.78, 5) is 24.0. The number of carbonyl (C=O) groups is 1. The summed E-state index contributed by atoms with van der Waals surface area (Å²) < 4.78 is 18.7. The molecule has 1 unspecified atom stereocenters. The molecule has 0 saturated carbocycles. The van der Waals surface area contributed by atoms with Crippen LogP contribution in [0.5, 0.6) is 11.5 Å². The minimum Gasteiger partial charge on any atom is -0.497 e. The van der Waals surface area contributed by atoms with Gasteiger partial charge in [0.1, 0.15) is 11.5 Å². The van der Waals surface area contributed by atoms with Crippen molar-refractivity contribution in [3.05, 3.63) is 122 Å². The molecule has 1 aliphatic heterocycles. The first-order valence-electron chi connectivity index (χ1n) is 11.8. The number of carbonyl (C=O) groups excluding carboxylic acids is 1. The average Bonchev–Trinajstić information content (AvgIpc) is 3.28. The minimum atomic E-state index is -0.439. The lowest BCUT2D eigenvalue weighted by Crippen LogP contribution is -2.24. The Labute approximate surface area is 214 Å². The van der Waals surface area contributed by atoms with E-state index in [1.165, 1.54) is 19.2 Å². The van der Waals surface area contributed by atoms with Crippen LogP contribution in [-0.4, -0.2) is 36.8 Å². The van der Waals surface area contributed by atoms with Gasteiger partial charge in [0.25, 0.3) is 5.69 Å². The van der Waals surface area contributed by atoms with Crippen molar-refractivity contribution in [3.63, 3.8) is 0 Å². The Bertz CT molecular complexity index is 1470. The van der Waals surface area contributed by atoms with E-state index in [-0.39, 0.29) is 5.69 Å². The summed E-state index contributed by atoms with van der Waals surface area (Å²) in [5, 5.41) is 11.3. The topological polar surface area (TPSA) is 92.8 Å². The Balaban J connectivity index is 1.78. The number of ether oxygens (including phenoxy) is 3. The molecule has 0 aliphatic carbocycles. The van der Waals surface area contributed by atoms with Crippen LogP contribution in [0.25, 0.3) is 0 Å². The fourth-order valence-corrected chi connectivity index (χ4v) is 5.16. The van der Waals surface area contributed by atoms with Crippen molar-refractivity contribution >= 4 is 11.7 Å². The zero-order valence-electron chi connectivity index (χ0n) is 20.8. The number of rotatable bonds is 7. The highest BCUT2D eigenvalue weighted by atomic mass is 16.6. The maximum Gasteiger partial charge on any atom is 0.339 e. The smallest absolute Gasteiger partial charge is 0.339 e. The van der Waals surface area contributed by atoms with Crippen molar-refractivity contribution in [2.45, 2.75) is 18.9 Å². The van der Waals surface area contributed by atoms with E-state index in [9.17, 15) is 14.9 Å². The number of esters is 1. The second-order valence-electron chi connectivity index (χ2n) is 8.86. The fraction of sp³-hybridized carbons (Fsp3) is 0.207. The third kappa shape index (κ3) is 4.31. The molecule has 37 heavy (non-hydrogen) atoms. The van der Waals surface area contributed by atoms with Gasteiger partial charge in [-0.1, -0.05) is 42.5 Å². The number of non-ortho nitro benzene ring substituents is 1. The van der Waals surface area contributed by atoms with E-state index in [4.69, 9.17) is 14.2 Å². The fourth-order valence-electron chi connectivity index (χ4n) is 5.16. The maximum atomic E-state index is 13.1. The Morgan fingerprint density at radius 1 is 1.00 bits per heavy atom. The van der Waals surface area contributed by atoms with Gasteiger partial charge in [-0.25, -0.2) is 4.79 Å². The van der Waals surface area contributed by atoms with Gasteiger partial charge < -0.3 is 18.8 Å². The lowest BCUT2D eigenvalue weighted by atomic mass is 9.81. The van der Waals surface area contributed by atoms with Crippen LogP contribution in [-0.2, 0) is 17.7 Å². The van der Waals surface area contributed by atoms with Gasteiger partial charge in [0.05, 0.1) is 37.7 Å². The molecule has 0 bridgehead atoms. The Kier molecular flexibility index (Phi) is 6.40. The van der Waals surface area contributed by atoms with Crippen LogP contribution < -0.4 is 9.47 Å². The van der Waals surface area contributed by atoms with Crippen LogP contribution in [0.15, 0.2) is 72.8 Å². The molecular formula is C29H26N2O6. The zero-order chi connectivity index (χ0) is 26.1. The third-order valence-corrected chi connectivity index (χ3v) is 6.84. The molecular weight excluding hydrogens is 472 g/mol. The molecule has 1 aromatic heterocycles. The number of nitro benzene ring substituents is 1. The van der Waals surface area contributed by atoms with Crippen LogP contribution in [0.2, 0.25) is 0 Å². The average molecular weight is 499 g/mol. The summed E-state index contributed by atoms with van der Waals surface area (Å²) in [7, 11) is 4.57. The monoisotopic (exact) mass is 498 g/mol. The normalized spacial score (nSPS) is 13.9. The summed E-state index contributed by atoms with van der Waals surface area (Å²) in [5.74, 6) is 0.409. The molecule has 0 radical (unpaired) electrons. The number of benzene rings is 3. The van der Waals surface area contributed by atoms with Crippen molar-refractivity contribution in [1.82, 2.24) is 4.57 Å². The van der Waals surface area contributed by atoms with E-state index >= 15 is 0 Å². The molecule has 188 valence electrons. The molecule has 2 heterocycles. The molecule has 8 nitrogen and oxygen atoms in total. The van der Waals surface area contributed by atoms with Crippen molar-refractivity contribution in [3.8, 4) is 11.5 Å². The predicted molar refractivity (Wildman–Crippen MR) is 138 cm³/mol. The standard InChI is InChI=1S/C29H26N2O6/c1-35-23-14-20-17-30-22(13-18-7-5-4-6-8-18)15-24(29(32)37-3)28(30)27(26(20)25(16-23)36-2)19-9-11-21(12-10-19)31(33)34/h4-12,14-16,27H,13,17H2,1-3H3. The molecule has 0 amide bonds. The van der Waals surface area contributed by atoms with Gasteiger partial charge in [0.2, 0.25) is 0 Å². The highest BCUT2D eigenvalue weighted by molar-refractivity contribution is 5.92. The van der Waals surface area contributed by atoms with Crippen molar-refractivity contribution in [2.75, 3.05) is 21.3 Å². The van der Waals surface area contributed by atoms with Crippen LogP contribution in [0.3, 0.4) is 0 Å². The number of fused-ring (bicyclic) bond motifs is 2. The Morgan fingerprint density at radius 3 is 2.35 bits per heavy atom. The largest absolute Gasteiger partial charge is 0.497 e. The molecule has 4 aromatic rings. The van der Waals surface area contributed by atoms with Crippen molar-refractivity contribution in [1.29, 1.82) is 0 Å².